The van der Waals surface area contributed by atoms with E-state index in [1.165, 1.54) is 0 Å². The standard InChI is InChI=1S/C16H28N4O3S/c1-6-17-15(18-10-13-9-14(12(2)3)19-23-13)20-7-8-24(21,22)16(4,5)11-20/h9,12H,6-8,10-11H2,1-5H3,(H,17,18). The third kappa shape index (κ3) is 4.09. The summed E-state index contributed by atoms with van der Waals surface area (Å²) in [4.78, 5) is 6.60. The maximum absolute atomic E-state index is 12.2. The number of nitrogens with one attached hydrogen (secondary N) is 1. The molecule has 1 aromatic rings. The molecule has 0 amide bonds. The molecule has 0 radical (unpaired) electrons. The van der Waals surface area contributed by atoms with E-state index in [2.05, 4.69) is 29.3 Å². The maximum atomic E-state index is 12.2. The van der Waals surface area contributed by atoms with Gasteiger partial charge in [-0.15, -0.1) is 0 Å². The Balaban J connectivity index is 2.13. The van der Waals surface area contributed by atoms with Gasteiger partial charge in [0.1, 0.15) is 6.54 Å². The Labute approximate surface area is 144 Å². The van der Waals surface area contributed by atoms with E-state index in [9.17, 15) is 8.42 Å². The highest BCUT2D eigenvalue weighted by Gasteiger charge is 2.40. The average molecular weight is 356 g/mol. The van der Waals surface area contributed by atoms with Crippen molar-refractivity contribution in [1.29, 1.82) is 0 Å². The van der Waals surface area contributed by atoms with Crippen LogP contribution in [0.5, 0.6) is 0 Å². The van der Waals surface area contributed by atoms with Crippen LogP contribution >= 0.6 is 0 Å². The van der Waals surface area contributed by atoms with Gasteiger partial charge in [0.15, 0.2) is 21.6 Å². The highest BCUT2D eigenvalue weighted by molar-refractivity contribution is 7.92. The first-order valence-corrected chi connectivity index (χ1v) is 10.0. The molecule has 7 nitrogen and oxygen atoms in total. The lowest BCUT2D eigenvalue weighted by molar-refractivity contribution is 0.350. The summed E-state index contributed by atoms with van der Waals surface area (Å²) in [5, 5.41) is 7.27. The second-order valence-electron chi connectivity index (χ2n) is 7.04. The summed E-state index contributed by atoms with van der Waals surface area (Å²) in [5.41, 5.74) is 0.912. The number of nitrogens with zero attached hydrogens (tertiary/aromatic N) is 3. The van der Waals surface area contributed by atoms with Gasteiger partial charge in [-0.25, -0.2) is 13.4 Å². The van der Waals surface area contributed by atoms with E-state index in [0.717, 1.165) is 12.2 Å². The quantitative estimate of drug-likeness (QED) is 0.653. The van der Waals surface area contributed by atoms with Gasteiger partial charge in [0.25, 0.3) is 0 Å². The van der Waals surface area contributed by atoms with Crippen LogP contribution in [-0.4, -0.2) is 54.6 Å². The van der Waals surface area contributed by atoms with Crippen molar-refractivity contribution in [2.24, 2.45) is 4.99 Å². The monoisotopic (exact) mass is 356 g/mol. The summed E-state index contributed by atoms with van der Waals surface area (Å²) in [5.74, 6) is 1.87. The molecule has 0 atom stereocenters. The summed E-state index contributed by atoms with van der Waals surface area (Å²) in [7, 11) is -3.07. The predicted octanol–water partition coefficient (Wildman–Crippen LogP) is 1.77. The molecule has 0 unspecified atom stereocenters. The zero-order valence-corrected chi connectivity index (χ0v) is 16.0. The van der Waals surface area contributed by atoms with Crippen LogP contribution in [0.3, 0.4) is 0 Å². The highest BCUT2D eigenvalue weighted by atomic mass is 32.2. The third-order valence-electron chi connectivity index (χ3n) is 4.23. The van der Waals surface area contributed by atoms with Crippen LogP contribution in [0.4, 0.5) is 0 Å². The highest BCUT2D eigenvalue weighted by Crippen LogP contribution is 2.24. The minimum Gasteiger partial charge on any atom is -0.359 e. The fraction of sp³-hybridized carbons (Fsp3) is 0.750. The molecule has 1 fully saturated rings. The van der Waals surface area contributed by atoms with E-state index in [1.54, 1.807) is 13.8 Å². The smallest absolute Gasteiger partial charge is 0.194 e. The van der Waals surface area contributed by atoms with Crippen LogP contribution in [0.15, 0.2) is 15.6 Å². The number of hydrogen-bond donors (Lipinski definition) is 1. The van der Waals surface area contributed by atoms with Gasteiger partial charge >= 0.3 is 0 Å². The Hall–Kier alpha value is -1.57. The lowest BCUT2D eigenvalue weighted by Crippen LogP contribution is -2.57. The first kappa shape index (κ1) is 18.8. The first-order valence-electron chi connectivity index (χ1n) is 8.37. The summed E-state index contributed by atoms with van der Waals surface area (Å²) in [6.07, 6.45) is 0. The Morgan fingerprint density at radius 2 is 2.21 bits per heavy atom. The fourth-order valence-electron chi connectivity index (χ4n) is 2.58. The van der Waals surface area contributed by atoms with Crippen LogP contribution in [-0.2, 0) is 16.4 Å². The van der Waals surface area contributed by atoms with Crippen molar-refractivity contribution in [3.8, 4) is 0 Å². The molecule has 1 aromatic heterocycles. The van der Waals surface area contributed by atoms with Gasteiger partial charge in [0.05, 0.1) is 16.2 Å². The predicted molar refractivity (Wildman–Crippen MR) is 94.8 cm³/mol. The Kier molecular flexibility index (Phi) is 5.57. The summed E-state index contributed by atoms with van der Waals surface area (Å²) < 4.78 is 28.9. The number of aromatic nitrogens is 1. The molecule has 2 rings (SSSR count). The number of guanidine groups is 1. The van der Waals surface area contributed by atoms with Gasteiger partial charge in [0.2, 0.25) is 0 Å². The Morgan fingerprint density at radius 3 is 2.75 bits per heavy atom. The van der Waals surface area contributed by atoms with Crippen molar-refractivity contribution in [3.63, 3.8) is 0 Å². The average Bonchev–Trinajstić information content (AvgIpc) is 2.95. The van der Waals surface area contributed by atoms with Crippen molar-refractivity contribution in [2.75, 3.05) is 25.4 Å². The van der Waals surface area contributed by atoms with Crippen LogP contribution in [0, 0.1) is 0 Å². The molecule has 1 saturated heterocycles. The van der Waals surface area contributed by atoms with Gasteiger partial charge in [0, 0.05) is 25.7 Å². The van der Waals surface area contributed by atoms with Crippen LogP contribution in [0.1, 0.15) is 52.0 Å². The molecule has 136 valence electrons. The molecule has 1 N–H and O–H groups in total. The van der Waals surface area contributed by atoms with Crippen molar-refractivity contribution in [2.45, 2.75) is 51.8 Å². The molecular formula is C16H28N4O3S. The number of rotatable bonds is 4. The minimum absolute atomic E-state index is 0.143. The summed E-state index contributed by atoms with van der Waals surface area (Å²) in [6, 6.07) is 1.92. The number of aliphatic imine (C=N–C) groups is 1. The van der Waals surface area contributed by atoms with Gasteiger partial charge in [-0.05, 0) is 26.7 Å². The number of hydrogen-bond acceptors (Lipinski definition) is 5. The molecule has 1 aliphatic rings. The largest absolute Gasteiger partial charge is 0.359 e. The zero-order valence-electron chi connectivity index (χ0n) is 15.2. The summed E-state index contributed by atoms with van der Waals surface area (Å²) in [6.45, 7) is 11.6. The molecule has 24 heavy (non-hydrogen) atoms. The third-order valence-corrected chi connectivity index (χ3v) is 6.76. The molecule has 0 saturated carbocycles. The topological polar surface area (TPSA) is 87.8 Å². The molecule has 0 aliphatic carbocycles. The molecule has 2 heterocycles. The van der Waals surface area contributed by atoms with Crippen LogP contribution < -0.4 is 5.32 Å². The van der Waals surface area contributed by atoms with E-state index in [-0.39, 0.29) is 5.75 Å². The summed E-state index contributed by atoms with van der Waals surface area (Å²) >= 11 is 0. The zero-order chi connectivity index (χ0) is 18.0. The second-order valence-corrected chi connectivity index (χ2v) is 9.79. The van der Waals surface area contributed by atoms with E-state index >= 15 is 0 Å². The van der Waals surface area contributed by atoms with Crippen molar-refractivity contribution < 1.29 is 12.9 Å². The van der Waals surface area contributed by atoms with E-state index in [1.807, 2.05) is 17.9 Å². The lowest BCUT2D eigenvalue weighted by Gasteiger charge is -2.39. The van der Waals surface area contributed by atoms with Gasteiger partial charge in [-0.3, -0.25) is 0 Å². The van der Waals surface area contributed by atoms with Gasteiger partial charge in [-0.1, -0.05) is 19.0 Å². The molecule has 8 heteroatoms. The Morgan fingerprint density at radius 1 is 1.50 bits per heavy atom. The Bertz CT molecular complexity index is 692. The SMILES string of the molecule is CCNC(=NCc1cc(C(C)C)no1)N1CCS(=O)(=O)C(C)(C)C1. The molecule has 1 aliphatic heterocycles. The molecule has 0 bridgehead atoms. The van der Waals surface area contributed by atoms with E-state index in [4.69, 9.17) is 4.52 Å². The van der Waals surface area contributed by atoms with Crippen molar-refractivity contribution >= 4 is 15.8 Å². The van der Waals surface area contributed by atoms with Crippen LogP contribution in [0.2, 0.25) is 0 Å². The number of sulfone groups is 1. The first-order chi connectivity index (χ1) is 11.2. The van der Waals surface area contributed by atoms with Crippen LogP contribution in [0.25, 0.3) is 0 Å². The van der Waals surface area contributed by atoms with Crippen molar-refractivity contribution in [1.82, 2.24) is 15.4 Å². The normalized spacial score (nSPS) is 20.4. The van der Waals surface area contributed by atoms with Gasteiger partial charge in [-0.2, -0.15) is 0 Å². The van der Waals surface area contributed by atoms with E-state index in [0.29, 0.717) is 37.3 Å². The lowest BCUT2D eigenvalue weighted by atomic mass is 10.1. The molecular weight excluding hydrogens is 328 g/mol. The minimum atomic E-state index is -3.07. The van der Waals surface area contributed by atoms with Gasteiger partial charge < -0.3 is 14.7 Å². The molecule has 0 aromatic carbocycles. The fourth-order valence-corrected chi connectivity index (χ4v) is 3.94. The maximum Gasteiger partial charge on any atom is 0.194 e. The van der Waals surface area contributed by atoms with Crippen molar-refractivity contribution in [3.05, 3.63) is 17.5 Å². The second kappa shape index (κ2) is 7.13. The molecule has 0 spiro atoms. The van der Waals surface area contributed by atoms with E-state index < -0.39 is 14.6 Å².